The van der Waals surface area contributed by atoms with Crippen molar-refractivity contribution in [3.8, 4) is 5.75 Å². The molecule has 0 spiro atoms. The van der Waals surface area contributed by atoms with Crippen LogP contribution >= 0.6 is 35.0 Å². The Morgan fingerprint density at radius 3 is 2.56 bits per heavy atom. The molecule has 0 saturated carbocycles. The largest absolute Gasteiger partial charge is 0.495 e. The molecule has 0 aliphatic carbocycles. The highest BCUT2D eigenvalue weighted by molar-refractivity contribution is 6.40. The highest BCUT2D eigenvalue weighted by Gasteiger charge is 2.29. The van der Waals surface area contributed by atoms with Crippen LogP contribution in [-0.4, -0.2) is 33.5 Å². The summed E-state index contributed by atoms with van der Waals surface area (Å²) in [5.41, 5.74) is 5.00. The second-order valence-electron chi connectivity index (χ2n) is 8.06. The lowest BCUT2D eigenvalue weighted by atomic mass is 10.0. The van der Waals surface area contributed by atoms with Crippen LogP contribution in [-0.2, 0) is 19.5 Å². The van der Waals surface area contributed by atoms with E-state index in [9.17, 15) is 4.79 Å². The van der Waals surface area contributed by atoms with Gasteiger partial charge in [-0.05, 0) is 35.0 Å². The molecule has 0 bridgehead atoms. The molecule has 0 atom stereocenters. The first kappa shape index (κ1) is 23.0. The van der Waals surface area contributed by atoms with Gasteiger partial charge in [0.15, 0.2) is 0 Å². The molecule has 2 aromatic carbocycles. The fraction of sp³-hybridized carbons (Fsp3) is 0.200. The maximum Gasteiger partial charge on any atom is 0.256 e. The average molecular weight is 516 g/mol. The van der Waals surface area contributed by atoms with Crippen LogP contribution in [0.1, 0.15) is 27.2 Å². The van der Waals surface area contributed by atoms with Gasteiger partial charge in [-0.2, -0.15) is 0 Å². The SMILES string of the molecule is COc1ccc(C(=O)Nc2c(Cl)cncc2Cl)c2c3c(n(Cc4ccccc4)c12)CCN(Cl)C3. The van der Waals surface area contributed by atoms with Gasteiger partial charge in [0.05, 0.1) is 28.4 Å². The summed E-state index contributed by atoms with van der Waals surface area (Å²) >= 11 is 18.9. The zero-order chi connectivity index (χ0) is 23.8. The van der Waals surface area contributed by atoms with Crippen LogP contribution in [0.4, 0.5) is 5.69 Å². The third kappa shape index (κ3) is 4.12. The fourth-order valence-corrected chi connectivity index (χ4v) is 5.19. The van der Waals surface area contributed by atoms with E-state index in [1.807, 2.05) is 24.3 Å². The molecule has 5 rings (SSSR count). The molecule has 0 unspecified atom stereocenters. The molecular weight excluding hydrogens is 495 g/mol. The van der Waals surface area contributed by atoms with Gasteiger partial charge in [0.25, 0.3) is 5.91 Å². The predicted octanol–water partition coefficient (Wildman–Crippen LogP) is 6.16. The van der Waals surface area contributed by atoms with Gasteiger partial charge in [0.2, 0.25) is 0 Å². The first-order valence-electron chi connectivity index (χ1n) is 10.7. The van der Waals surface area contributed by atoms with Crippen molar-refractivity contribution in [3.63, 3.8) is 0 Å². The number of methoxy groups -OCH3 is 1. The number of fused-ring (bicyclic) bond motifs is 3. The van der Waals surface area contributed by atoms with E-state index in [1.165, 1.54) is 12.4 Å². The number of aromatic nitrogens is 2. The topological polar surface area (TPSA) is 59.4 Å². The van der Waals surface area contributed by atoms with Crippen molar-refractivity contribution in [3.05, 3.63) is 87.3 Å². The Balaban J connectivity index is 1.70. The number of carbonyl (C=O) groups is 1. The first-order valence-corrected chi connectivity index (χ1v) is 11.8. The number of benzene rings is 2. The molecule has 1 amide bonds. The van der Waals surface area contributed by atoms with Gasteiger partial charge in [-0.25, -0.2) is 4.42 Å². The van der Waals surface area contributed by atoms with Crippen molar-refractivity contribution in [1.82, 2.24) is 14.0 Å². The van der Waals surface area contributed by atoms with Crippen molar-refractivity contribution >= 4 is 57.5 Å². The maximum absolute atomic E-state index is 13.5. The molecule has 1 aliphatic heterocycles. The number of nitrogens with zero attached hydrogens (tertiary/aromatic N) is 3. The lowest BCUT2D eigenvalue weighted by molar-refractivity contribution is 0.102. The minimum atomic E-state index is -0.325. The quantitative estimate of drug-likeness (QED) is 0.323. The molecule has 2 aromatic heterocycles. The lowest BCUT2D eigenvalue weighted by Gasteiger charge is -2.22. The lowest BCUT2D eigenvalue weighted by Crippen LogP contribution is -2.23. The zero-order valence-corrected chi connectivity index (χ0v) is 20.6. The Bertz CT molecular complexity index is 1370. The molecule has 1 N–H and O–H groups in total. The summed E-state index contributed by atoms with van der Waals surface area (Å²) in [5.74, 6) is 0.368. The molecule has 4 aromatic rings. The monoisotopic (exact) mass is 514 g/mol. The second-order valence-corrected chi connectivity index (χ2v) is 9.36. The normalized spacial score (nSPS) is 13.6. The standard InChI is InChI=1S/C25H21Cl3N4O2/c1-34-21-8-7-16(25(33)30-23-18(26)11-29-12-19(23)27)22-17-14-31(28)10-9-20(17)32(24(21)22)13-15-5-3-2-4-6-15/h2-8,11-12H,9-10,13-14H2,1H3,(H,29,30,33). The van der Waals surface area contributed by atoms with E-state index in [4.69, 9.17) is 39.7 Å². The van der Waals surface area contributed by atoms with Gasteiger partial charge in [-0.3, -0.25) is 9.78 Å². The number of halogens is 3. The maximum atomic E-state index is 13.5. The summed E-state index contributed by atoms with van der Waals surface area (Å²) in [5, 5.41) is 4.21. The summed E-state index contributed by atoms with van der Waals surface area (Å²) in [7, 11) is 1.64. The summed E-state index contributed by atoms with van der Waals surface area (Å²) in [4.78, 5) is 17.5. The van der Waals surface area contributed by atoms with E-state index in [0.717, 1.165) is 34.1 Å². The Morgan fingerprint density at radius 2 is 1.85 bits per heavy atom. The summed E-state index contributed by atoms with van der Waals surface area (Å²) < 4.78 is 9.74. The van der Waals surface area contributed by atoms with Gasteiger partial charge in [0, 0.05) is 55.1 Å². The molecule has 0 saturated heterocycles. The summed E-state index contributed by atoms with van der Waals surface area (Å²) in [6.07, 6.45) is 3.64. The van der Waals surface area contributed by atoms with Crippen LogP contribution in [0.5, 0.6) is 5.75 Å². The third-order valence-corrected chi connectivity index (χ3v) is 6.91. The number of hydrogen-bond acceptors (Lipinski definition) is 4. The molecule has 174 valence electrons. The van der Waals surface area contributed by atoms with Crippen LogP contribution in [0.25, 0.3) is 10.9 Å². The van der Waals surface area contributed by atoms with Crippen molar-refractivity contribution in [2.24, 2.45) is 0 Å². The van der Waals surface area contributed by atoms with Crippen molar-refractivity contribution < 1.29 is 9.53 Å². The van der Waals surface area contributed by atoms with E-state index < -0.39 is 0 Å². The van der Waals surface area contributed by atoms with E-state index in [2.05, 4.69) is 27.0 Å². The number of ether oxygens (including phenoxy) is 1. The molecule has 1 aliphatic rings. The van der Waals surface area contributed by atoms with E-state index >= 15 is 0 Å². The van der Waals surface area contributed by atoms with Gasteiger partial charge in [0.1, 0.15) is 5.75 Å². The van der Waals surface area contributed by atoms with Crippen molar-refractivity contribution in [1.29, 1.82) is 0 Å². The van der Waals surface area contributed by atoms with Crippen molar-refractivity contribution in [2.45, 2.75) is 19.5 Å². The number of nitrogens with one attached hydrogen (secondary N) is 1. The highest BCUT2D eigenvalue weighted by atomic mass is 35.5. The predicted molar refractivity (Wildman–Crippen MR) is 136 cm³/mol. The van der Waals surface area contributed by atoms with Gasteiger partial charge >= 0.3 is 0 Å². The molecule has 34 heavy (non-hydrogen) atoms. The number of pyridine rings is 1. The van der Waals surface area contributed by atoms with E-state index in [0.29, 0.717) is 36.6 Å². The Labute approximate surface area is 212 Å². The van der Waals surface area contributed by atoms with Gasteiger partial charge < -0.3 is 14.6 Å². The minimum Gasteiger partial charge on any atom is -0.495 e. The molecule has 0 fully saturated rings. The second kappa shape index (κ2) is 9.47. The van der Waals surface area contributed by atoms with Crippen molar-refractivity contribution in [2.75, 3.05) is 19.0 Å². The van der Waals surface area contributed by atoms with E-state index in [1.54, 1.807) is 17.6 Å². The van der Waals surface area contributed by atoms with Crippen LogP contribution < -0.4 is 10.1 Å². The average Bonchev–Trinajstić information content (AvgIpc) is 3.15. The van der Waals surface area contributed by atoms with Crippen LogP contribution in [0.3, 0.4) is 0 Å². The zero-order valence-electron chi connectivity index (χ0n) is 18.3. The van der Waals surface area contributed by atoms with E-state index in [-0.39, 0.29) is 16.0 Å². The minimum absolute atomic E-state index is 0.265. The van der Waals surface area contributed by atoms with Crippen LogP contribution in [0.2, 0.25) is 10.0 Å². The van der Waals surface area contributed by atoms with Crippen LogP contribution in [0, 0.1) is 0 Å². The number of carbonyl (C=O) groups excluding carboxylic acids is 1. The molecule has 0 radical (unpaired) electrons. The Hall–Kier alpha value is -2.77. The fourth-order valence-electron chi connectivity index (χ4n) is 4.53. The molecular formula is C25H21Cl3N4O2. The smallest absolute Gasteiger partial charge is 0.256 e. The summed E-state index contributed by atoms with van der Waals surface area (Å²) in [6.45, 7) is 1.88. The Morgan fingerprint density at radius 1 is 1.12 bits per heavy atom. The summed E-state index contributed by atoms with van der Waals surface area (Å²) in [6, 6.07) is 13.8. The molecule has 3 heterocycles. The Kier molecular flexibility index (Phi) is 6.40. The number of rotatable bonds is 5. The molecule has 9 heteroatoms. The number of amides is 1. The first-order chi connectivity index (χ1) is 16.5. The number of hydrogen-bond donors (Lipinski definition) is 1. The van der Waals surface area contributed by atoms with Crippen LogP contribution in [0.15, 0.2) is 54.9 Å². The highest BCUT2D eigenvalue weighted by Crippen LogP contribution is 2.40. The number of anilines is 1. The third-order valence-electron chi connectivity index (χ3n) is 6.05. The molecule has 6 nitrogen and oxygen atoms in total. The van der Waals surface area contributed by atoms with Gasteiger partial charge in [-0.1, -0.05) is 53.5 Å². The van der Waals surface area contributed by atoms with Gasteiger partial charge in [-0.15, -0.1) is 0 Å².